The molecule has 0 unspecified atom stereocenters. The van der Waals surface area contributed by atoms with Crippen LogP contribution < -0.4 is 0 Å². The Morgan fingerprint density at radius 3 is 2.35 bits per heavy atom. The van der Waals surface area contributed by atoms with Gasteiger partial charge in [0, 0.05) is 34.0 Å². The normalized spacial score (nSPS) is 12.7. The molecule has 0 saturated carbocycles. The highest BCUT2D eigenvalue weighted by Crippen LogP contribution is 2.39. The van der Waals surface area contributed by atoms with Crippen LogP contribution in [0.4, 0.5) is 13.2 Å². The number of aromatic nitrogens is 4. The number of pyridine rings is 1. The molecule has 0 radical (unpaired) electrons. The first-order chi connectivity index (χ1) is 19.1. The summed E-state index contributed by atoms with van der Waals surface area (Å²) in [6, 6.07) is 14.7. The molecule has 40 heavy (non-hydrogen) atoms. The predicted octanol–water partition coefficient (Wildman–Crippen LogP) is 10.2. The van der Waals surface area contributed by atoms with Crippen molar-refractivity contribution in [3.8, 4) is 17.2 Å². The zero-order valence-electron chi connectivity index (χ0n) is 23.4. The third kappa shape index (κ3) is 6.60. The quantitative estimate of drug-likeness (QED) is 0.162. The lowest BCUT2D eigenvalue weighted by Gasteiger charge is -2.19. The number of aromatic amines is 1. The van der Waals surface area contributed by atoms with Crippen molar-refractivity contribution in [1.82, 2.24) is 19.5 Å². The lowest BCUT2D eigenvalue weighted by molar-refractivity contribution is -0.135. The minimum atomic E-state index is -4.03. The first kappa shape index (κ1) is 28.4. The second-order valence-electron chi connectivity index (χ2n) is 11.7. The van der Waals surface area contributed by atoms with Crippen molar-refractivity contribution in [1.29, 1.82) is 0 Å². The molecule has 0 atom stereocenters. The van der Waals surface area contributed by atoms with Gasteiger partial charge in [-0.2, -0.15) is 13.2 Å². The number of thiophene rings is 1. The number of unbranched alkanes of at least 4 members (excludes halogenated alkanes) is 6. The van der Waals surface area contributed by atoms with E-state index in [1.165, 1.54) is 4.88 Å². The molecule has 0 amide bonds. The van der Waals surface area contributed by atoms with Crippen LogP contribution in [0.15, 0.2) is 54.0 Å². The number of hydrogen-bond acceptors (Lipinski definition) is 3. The number of H-pyrrole nitrogens is 1. The van der Waals surface area contributed by atoms with Gasteiger partial charge in [-0.3, -0.25) is 4.57 Å². The number of alkyl halides is 3. The van der Waals surface area contributed by atoms with Gasteiger partial charge in [0.1, 0.15) is 17.2 Å². The van der Waals surface area contributed by atoms with Gasteiger partial charge >= 0.3 is 6.18 Å². The van der Waals surface area contributed by atoms with E-state index in [9.17, 15) is 13.2 Å². The fourth-order valence-electron chi connectivity index (χ4n) is 5.34. The van der Waals surface area contributed by atoms with E-state index in [0.29, 0.717) is 6.42 Å². The Morgan fingerprint density at radius 2 is 1.62 bits per heavy atom. The third-order valence-corrected chi connectivity index (χ3v) is 8.66. The highest BCUT2D eigenvalue weighted by Gasteiger charge is 2.26. The van der Waals surface area contributed by atoms with Gasteiger partial charge in [-0.15, -0.1) is 11.3 Å². The molecular formula is C32H37F3N4S. The van der Waals surface area contributed by atoms with E-state index in [-0.39, 0.29) is 11.8 Å². The topological polar surface area (TPSA) is 46.5 Å². The third-order valence-electron chi connectivity index (χ3n) is 7.32. The van der Waals surface area contributed by atoms with Crippen molar-refractivity contribution in [2.24, 2.45) is 0 Å². The largest absolute Gasteiger partial charge is 0.389 e. The molecule has 0 saturated heterocycles. The maximum Gasteiger partial charge on any atom is 0.389 e. The lowest BCUT2D eigenvalue weighted by Crippen LogP contribution is -2.11. The van der Waals surface area contributed by atoms with Crippen LogP contribution in [0.5, 0.6) is 0 Å². The Kier molecular flexibility index (Phi) is 8.36. The average Bonchev–Trinajstić information content (AvgIpc) is 3.62. The fourth-order valence-corrected chi connectivity index (χ4v) is 6.32. The lowest BCUT2D eigenvalue weighted by atomic mass is 9.91. The van der Waals surface area contributed by atoms with Crippen molar-refractivity contribution in [2.45, 2.75) is 90.1 Å². The van der Waals surface area contributed by atoms with Crippen LogP contribution >= 0.6 is 11.3 Å². The molecule has 4 aromatic heterocycles. The monoisotopic (exact) mass is 566 g/mol. The maximum atomic E-state index is 12.3. The van der Waals surface area contributed by atoms with Crippen molar-refractivity contribution in [2.75, 3.05) is 0 Å². The van der Waals surface area contributed by atoms with Gasteiger partial charge in [0.05, 0.1) is 0 Å². The van der Waals surface area contributed by atoms with Crippen LogP contribution in [0.25, 0.3) is 39.3 Å². The van der Waals surface area contributed by atoms with E-state index in [1.54, 1.807) is 11.3 Å². The second-order valence-corrected chi connectivity index (χ2v) is 12.6. The number of para-hydroxylation sites is 1. The first-order valence-electron chi connectivity index (χ1n) is 14.2. The van der Waals surface area contributed by atoms with Crippen molar-refractivity contribution < 1.29 is 13.2 Å². The zero-order valence-corrected chi connectivity index (χ0v) is 24.3. The number of benzene rings is 1. The molecule has 4 heterocycles. The molecule has 1 aromatic carbocycles. The van der Waals surface area contributed by atoms with E-state index < -0.39 is 12.6 Å². The fraction of sp³-hybridized carbons (Fsp3) is 0.438. The molecule has 0 bridgehead atoms. The number of hydrogen-bond donors (Lipinski definition) is 1. The molecule has 0 aliphatic rings. The Labute approximate surface area is 237 Å². The molecule has 0 aliphatic heterocycles. The van der Waals surface area contributed by atoms with Gasteiger partial charge in [0.25, 0.3) is 0 Å². The molecule has 4 nitrogen and oxygen atoms in total. The summed E-state index contributed by atoms with van der Waals surface area (Å²) in [6.07, 6.45) is 4.09. The van der Waals surface area contributed by atoms with E-state index >= 15 is 0 Å². The number of nitrogens with zero attached hydrogens (tertiary/aromatic N) is 3. The molecule has 5 aromatic rings. The van der Waals surface area contributed by atoms with Gasteiger partial charge in [0.15, 0.2) is 5.65 Å². The zero-order chi connectivity index (χ0) is 28.3. The Bertz CT molecular complexity index is 1540. The van der Waals surface area contributed by atoms with Gasteiger partial charge in [-0.1, -0.05) is 71.1 Å². The second kappa shape index (κ2) is 11.8. The number of halogens is 3. The van der Waals surface area contributed by atoms with Crippen LogP contribution in [0.2, 0.25) is 0 Å². The van der Waals surface area contributed by atoms with Gasteiger partial charge < -0.3 is 4.98 Å². The SMILES string of the molecule is CC(C)(C)c1sccc1-c1nc2cc(CCCCCCCCCC(F)(F)F)cnc2n1-c1cc2ccccc2[nH]1. The van der Waals surface area contributed by atoms with Gasteiger partial charge in [-0.25, -0.2) is 9.97 Å². The summed E-state index contributed by atoms with van der Waals surface area (Å²) < 4.78 is 39.0. The highest BCUT2D eigenvalue weighted by molar-refractivity contribution is 7.10. The molecule has 1 N–H and O–H groups in total. The molecule has 0 spiro atoms. The molecule has 212 valence electrons. The minimum Gasteiger partial charge on any atom is -0.341 e. The van der Waals surface area contributed by atoms with E-state index in [4.69, 9.17) is 9.97 Å². The van der Waals surface area contributed by atoms with Crippen LogP contribution in [-0.4, -0.2) is 25.7 Å². The van der Waals surface area contributed by atoms with Crippen LogP contribution in [0, 0.1) is 0 Å². The number of nitrogens with one attached hydrogen (secondary N) is 1. The van der Waals surface area contributed by atoms with E-state index in [0.717, 1.165) is 83.4 Å². The number of fused-ring (bicyclic) bond motifs is 2. The standard InChI is InChI=1S/C32H37F3N4S/c1-31(2,3)28-24(16-18-40-28)29-38-26-19-22(13-9-7-5-4-6-8-12-17-32(33,34)35)21-36-30(26)39(29)27-20-23-14-10-11-15-25(23)37-27/h10-11,14-16,18-21,37H,4-9,12-13,17H2,1-3H3. The predicted molar refractivity (Wildman–Crippen MR) is 159 cm³/mol. The summed E-state index contributed by atoms with van der Waals surface area (Å²) in [4.78, 5) is 14.9. The van der Waals surface area contributed by atoms with Crippen molar-refractivity contribution >= 4 is 33.4 Å². The van der Waals surface area contributed by atoms with Crippen LogP contribution in [0.3, 0.4) is 0 Å². The van der Waals surface area contributed by atoms with Crippen LogP contribution in [-0.2, 0) is 11.8 Å². The maximum absolute atomic E-state index is 12.3. The highest BCUT2D eigenvalue weighted by atomic mass is 32.1. The van der Waals surface area contributed by atoms with E-state index in [1.807, 2.05) is 18.3 Å². The Hall–Kier alpha value is -3.13. The Balaban J connectivity index is 1.34. The van der Waals surface area contributed by atoms with Crippen molar-refractivity contribution in [3.63, 3.8) is 0 Å². The molecular weight excluding hydrogens is 529 g/mol. The molecule has 8 heteroatoms. The summed E-state index contributed by atoms with van der Waals surface area (Å²) >= 11 is 1.76. The smallest absolute Gasteiger partial charge is 0.341 e. The summed E-state index contributed by atoms with van der Waals surface area (Å²) in [5.74, 6) is 1.84. The number of rotatable bonds is 11. The van der Waals surface area contributed by atoms with E-state index in [2.05, 4.69) is 66.0 Å². The number of aryl methyl sites for hydroxylation is 1. The molecule has 0 fully saturated rings. The van der Waals surface area contributed by atoms with Crippen LogP contribution in [0.1, 0.15) is 82.6 Å². The molecule has 0 aliphatic carbocycles. The van der Waals surface area contributed by atoms with Gasteiger partial charge in [-0.05, 0) is 59.9 Å². The number of imidazole rings is 1. The molecule has 5 rings (SSSR count). The summed E-state index contributed by atoms with van der Waals surface area (Å²) in [5.41, 5.74) is 5.06. The average molecular weight is 567 g/mol. The first-order valence-corrected chi connectivity index (χ1v) is 15.1. The summed E-state index contributed by atoms with van der Waals surface area (Å²) in [7, 11) is 0. The van der Waals surface area contributed by atoms with Gasteiger partial charge in [0.2, 0.25) is 0 Å². The summed E-state index contributed by atoms with van der Waals surface area (Å²) in [5, 5.41) is 3.28. The Morgan fingerprint density at radius 1 is 0.900 bits per heavy atom. The summed E-state index contributed by atoms with van der Waals surface area (Å²) in [6.45, 7) is 6.70. The van der Waals surface area contributed by atoms with Crippen molar-refractivity contribution in [3.05, 3.63) is 64.5 Å². The minimum absolute atomic E-state index is 0.0101.